The molecule has 0 spiro atoms. The summed E-state index contributed by atoms with van der Waals surface area (Å²) in [6, 6.07) is 3.47. The van der Waals surface area contributed by atoms with Crippen molar-refractivity contribution in [2.75, 3.05) is 0 Å². The minimum absolute atomic E-state index is 0.297. The normalized spacial score (nSPS) is 11.7. The molecule has 0 bridgehead atoms. The Balaban J connectivity index is 2.91. The summed E-state index contributed by atoms with van der Waals surface area (Å²) in [5, 5.41) is 19.6. The molecule has 0 aromatic heterocycles. The minimum atomic E-state index is -1.46. The van der Waals surface area contributed by atoms with Gasteiger partial charge in [-0.05, 0) is 24.6 Å². The summed E-state index contributed by atoms with van der Waals surface area (Å²) < 4.78 is 0.713. The van der Waals surface area contributed by atoms with Gasteiger partial charge in [-0.1, -0.05) is 22.0 Å². The number of carbonyl (C=O) groups is 3. The quantitative estimate of drug-likeness (QED) is 0.757. The lowest BCUT2D eigenvalue weighted by atomic mass is 10.1. The second-order valence-electron chi connectivity index (χ2n) is 3.87. The van der Waals surface area contributed by atoms with E-state index >= 15 is 0 Å². The number of hydrogen-bond acceptors (Lipinski definition) is 3. The summed E-state index contributed by atoms with van der Waals surface area (Å²) in [4.78, 5) is 33.3. The molecule has 1 aromatic carbocycles. The molecule has 1 atom stereocenters. The number of amides is 1. The molecule has 0 saturated carbocycles. The van der Waals surface area contributed by atoms with Crippen molar-refractivity contribution in [2.24, 2.45) is 0 Å². The third kappa shape index (κ3) is 4.06. The molecule has 1 aromatic rings. The molecule has 0 fully saturated rings. The smallest absolute Gasteiger partial charge is 0.326 e. The van der Waals surface area contributed by atoms with Crippen LogP contribution in [-0.2, 0) is 9.59 Å². The summed E-state index contributed by atoms with van der Waals surface area (Å²) in [6.45, 7) is 1.70. The molecular weight excluding hydrogens is 318 g/mol. The molecule has 3 N–H and O–H groups in total. The zero-order valence-electron chi connectivity index (χ0n) is 10.0. The van der Waals surface area contributed by atoms with Crippen molar-refractivity contribution in [3.05, 3.63) is 33.8 Å². The van der Waals surface area contributed by atoms with Crippen LogP contribution >= 0.6 is 15.9 Å². The first-order valence-corrected chi connectivity index (χ1v) is 6.12. The van der Waals surface area contributed by atoms with Crippen LogP contribution in [0.1, 0.15) is 22.3 Å². The van der Waals surface area contributed by atoms with Crippen LogP contribution in [-0.4, -0.2) is 34.1 Å². The summed E-state index contributed by atoms with van der Waals surface area (Å²) in [5.41, 5.74) is 0.950. The molecule has 7 heteroatoms. The molecule has 0 unspecified atom stereocenters. The van der Waals surface area contributed by atoms with Crippen molar-refractivity contribution in [2.45, 2.75) is 19.4 Å². The van der Waals surface area contributed by atoms with Crippen molar-refractivity contribution in [3.8, 4) is 0 Å². The zero-order chi connectivity index (χ0) is 14.6. The number of carbonyl (C=O) groups excluding carboxylic acids is 1. The van der Waals surface area contributed by atoms with Crippen molar-refractivity contribution in [1.29, 1.82) is 0 Å². The van der Waals surface area contributed by atoms with Crippen LogP contribution in [0, 0.1) is 6.92 Å². The second kappa shape index (κ2) is 6.33. The number of nitrogens with one attached hydrogen (secondary N) is 1. The average Bonchev–Trinajstić information content (AvgIpc) is 2.31. The van der Waals surface area contributed by atoms with Gasteiger partial charge in [-0.3, -0.25) is 9.59 Å². The summed E-state index contributed by atoms with van der Waals surface area (Å²) >= 11 is 3.26. The van der Waals surface area contributed by atoms with Gasteiger partial charge in [0.05, 0.1) is 6.42 Å². The van der Waals surface area contributed by atoms with Crippen LogP contribution in [0.3, 0.4) is 0 Å². The third-order valence-electron chi connectivity index (χ3n) is 2.49. The van der Waals surface area contributed by atoms with E-state index in [1.54, 1.807) is 19.1 Å². The van der Waals surface area contributed by atoms with Gasteiger partial charge in [0, 0.05) is 10.0 Å². The van der Waals surface area contributed by atoms with Gasteiger partial charge in [-0.15, -0.1) is 0 Å². The summed E-state index contributed by atoms with van der Waals surface area (Å²) in [6.07, 6.45) is -0.672. The van der Waals surface area contributed by atoms with E-state index in [4.69, 9.17) is 10.2 Å². The highest BCUT2D eigenvalue weighted by molar-refractivity contribution is 9.10. The van der Waals surface area contributed by atoms with Crippen LogP contribution < -0.4 is 5.32 Å². The van der Waals surface area contributed by atoms with Crippen LogP contribution in [0.4, 0.5) is 0 Å². The Hall–Kier alpha value is -1.89. The van der Waals surface area contributed by atoms with Gasteiger partial charge in [-0.25, -0.2) is 4.79 Å². The Morgan fingerprint density at radius 1 is 1.32 bits per heavy atom. The maximum atomic E-state index is 11.9. The fourth-order valence-corrected chi connectivity index (χ4v) is 1.83. The lowest BCUT2D eigenvalue weighted by Gasteiger charge is -2.14. The fourth-order valence-electron chi connectivity index (χ4n) is 1.46. The Kier molecular flexibility index (Phi) is 5.05. The molecule has 0 aliphatic heterocycles. The lowest BCUT2D eigenvalue weighted by Crippen LogP contribution is -2.42. The van der Waals surface area contributed by atoms with Crippen LogP contribution in [0.15, 0.2) is 22.7 Å². The summed E-state index contributed by atoms with van der Waals surface area (Å²) in [5.74, 6) is -3.30. The highest BCUT2D eigenvalue weighted by atomic mass is 79.9. The molecule has 0 aliphatic rings. The maximum absolute atomic E-state index is 11.9. The lowest BCUT2D eigenvalue weighted by molar-refractivity contribution is -0.145. The Morgan fingerprint density at radius 2 is 1.95 bits per heavy atom. The fraction of sp³-hybridized carbons (Fsp3) is 0.250. The highest BCUT2D eigenvalue weighted by Gasteiger charge is 2.24. The zero-order valence-corrected chi connectivity index (χ0v) is 11.6. The van der Waals surface area contributed by atoms with E-state index in [1.807, 2.05) is 0 Å². The molecule has 102 valence electrons. The average molecular weight is 330 g/mol. The molecule has 1 rings (SSSR count). The van der Waals surface area contributed by atoms with Crippen molar-refractivity contribution >= 4 is 33.8 Å². The van der Waals surface area contributed by atoms with Crippen LogP contribution in [0.25, 0.3) is 0 Å². The van der Waals surface area contributed by atoms with E-state index in [2.05, 4.69) is 21.2 Å². The van der Waals surface area contributed by atoms with Gasteiger partial charge in [0.15, 0.2) is 0 Å². The summed E-state index contributed by atoms with van der Waals surface area (Å²) in [7, 11) is 0. The number of rotatable bonds is 5. The number of benzene rings is 1. The van der Waals surface area contributed by atoms with Crippen molar-refractivity contribution in [1.82, 2.24) is 5.32 Å². The molecule has 19 heavy (non-hydrogen) atoms. The van der Waals surface area contributed by atoms with Crippen molar-refractivity contribution < 1.29 is 24.6 Å². The Morgan fingerprint density at radius 3 is 2.47 bits per heavy atom. The number of aliphatic carboxylic acids is 2. The molecule has 0 heterocycles. The molecule has 1 amide bonds. The number of carboxylic acids is 2. The van der Waals surface area contributed by atoms with E-state index < -0.39 is 30.3 Å². The van der Waals surface area contributed by atoms with Gasteiger partial charge in [-0.2, -0.15) is 0 Å². The Bertz CT molecular complexity index is 529. The van der Waals surface area contributed by atoms with Gasteiger partial charge in [0.25, 0.3) is 5.91 Å². The predicted molar refractivity (Wildman–Crippen MR) is 70.0 cm³/mol. The first-order chi connectivity index (χ1) is 8.82. The highest BCUT2D eigenvalue weighted by Crippen LogP contribution is 2.19. The molecule has 6 nitrogen and oxygen atoms in total. The van der Waals surface area contributed by atoms with Crippen LogP contribution in [0.5, 0.6) is 0 Å². The second-order valence-corrected chi connectivity index (χ2v) is 4.73. The molecule has 0 aliphatic carbocycles. The minimum Gasteiger partial charge on any atom is -0.481 e. The van der Waals surface area contributed by atoms with Crippen LogP contribution in [0.2, 0.25) is 0 Å². The number of carboxylic acid groups (broad SMARTS) is 2. The SMILES string of the molecule is Cc1c(Br)cccc1C(=O)N[C@@H](CC(=O)O)C(=O)O. The first-order valence-electron chi connectivity index (χ1n) is 5.33. The van der Waals surface area contributed by atoms with Gasteiger partial charge in [0.1, 0.15) is 6.04 Å². The topological polar surface area (TPSA) is 104 Å². The third-order valence-corrected chi connectivity index (χ3v) is 3.35. The Labute approximate surface area is 117 Å². The first kappa shape index (κ1) is 15.2. The maximum Gasteiger partial charge on any atom is 0.326 e. The molecule has 0 saturated heterocycles. The number of halogens is 1. The van der Waals surface area contributed by atoms with Gasteiger partial charge < -0.3 is 15.5 Å². The van der Waals surface area contributed by atoms with E-state index in [1.165, 1.54) is 6.07 Å². The predicted octanol–water partition coefficient (Wildman–Crippen LogP) is 1.42. The van der Waals surface area contributed by atoms with Crippen molar-refractivity contribution in [3.63, 3.8) is 0 Å². The molecular formula is C12H12BrNO5. The largest absolute Gasteiger partial charge is 0.481 e. The van der Waals surface area contributed by atoms with Gasteiger partial charge in [0.2, 0.25) is 0 Å². The van der Waals surface area contributed by atoms with E-state index in [9.17, 15) is 14.4 Å². The molecule has 0 radical (unpaired) electrons. The van der Waals surface area contributed by atoms with E-state index in [-0.39, 0.29) is 0 Å². The monoisotopic (exact) mass is 329 g/mol. The number of hydrogen-bond donors (Lipinski definition) is 3. The van der Waals surface area contributed by atoms with E-state index in [0.717, 1.165) is 0 Å². The van der Waals surface area contributed by atoms with Gasteiger partial charge >= 0.3 is 11.9 Å². The standard InChI is InChI=1S/C12H12BrNO5/c1-6-7(3-2-4-8(6)13)11(17)14-9(12(18)19)5-10(15)16/h2-4,9H,5H2,1H3,(H,14,17)(H,15,16)(H,18,19)/t9-/m0/s1. The van der Waals surface area contributed by atoms with E-state index in [0.29, 0.717) is 15.6 Å².